The molecule has 0 aliphatic carbocycles. The number of carbonyl (C=O) groups excluding carboxylic acids is 1. The fourth-order valence-electron chi connectivity index (χ4n) is 1.54. The van der Waals surface area contributed by atoms with Crippen molar-refractivity contribution in [2.24, 2.45) is 0 Å². The molecule has 21 heavy (non-hydrogen) atoms. The lowest BCUT2D eigenvalue weighted by atomic mass is 10.2. The second-order valence-corrected chi connectivity index (χ2v) is 4.85. The highest BCUT2D eigenvalue weighted by atomic mass is 35.5. The van der Waals surface area contributed by atoms with Gasteiger partial charge >= 0.3 is 0 Å². The van der Waals surface area contributed by atoms with Gasteiger partial charge in [-0.25, -0.2) is 0 Å². The molecule has 0 aliphatic rings. The maximum absolute atomic E-state index is 12.1. The average molecular weight is 318 g/mol. The number of nitrogens with one attached hydrogen (secondary N) is 1. The summed E-state index contributed by atoms with van der Waals surface area (Å²) in [5, 5.41) is 12.4. The largest absolute Gasteiger partial charge is 0.320 e. The quantitative estimate of drug-likeness (QED) is 0.689. The van der Waals surface area contributed by atoms with Crippen molar-refractivity contribution in [3.8, 4) is 6.07 Å². The predicted molar refractivity (Wildman–Crippen MR) is 82.9 cm³/mol. The number of nitriles is 1. The molecule has 1 amide bonds. The number of anilines is 1. The number of amides is 1. The van der Waals surface area contributed by atoms with Crippen LogP contribution in [0.1, 0.15) is 5.69 Å². The van der Waals surface area contributed by atoms with Gasteiger partial charge in [-0.05, 0) is 36.4 Å². The first-order valence-electron chi connectivity index (χ1n) is 5.89. The molecule has 6 heteroatoms. The normalized spacial score (nSPS) is 10.8. The van der Waals surface area contributed by atoms with E-state index in [0.717, 1.165) is 0 Å². The molecular weight excluding hydrogens is 309 g/mol. The van der Waals surface area contributed by atoms with Crippen LogP contribution in [0.25, 0.3) is 6.08 Å². The van der Waals surface area contributed by atoms with Gasteiger partial charge in [-0.3, -0.25) is 9.78 Å². The Labute approximate surface area is 131 Å². The van der Waals surface area contributed by atoms with Crippen molar-refractivity contribution in [1.82, 2.24) is 4.98 Å². The van der Waals surface area contributed by atoms with Crippen molar-refractivity contribution in [2.45, 2.75) is 0 Å². The van der Waals surface area contributed by atoms with E-state index in [4.69, 9.17) is 28.5 Å². The highest BCUT2D eigenvalue weighted by Crippen LogP contribution is 2.25. The van der Waals surface area contributed by atoms with Gasteiger partial charge < -0.3 is 5.32 Å². The van der Waals surface area contributed by atoms with Gasteiger partial charge in [-0.2, -0.15) is 5.26 Å². The van der Waals surface area contributed by atoms with Crippen LogP contribution >= 0.6 is 23.2 Å². The van der Waals surface area contributed by atoms with Gasteiger partial charge in [0.1, 0.15) is 11.6 Å². The van der Waals surface area contributed by atoms with E-state index >= 15 is 0 Å². The molecule has 1 aromatic heterocycles. The van der Waals surface area contributed by atoms with Gasteiger partial charge in [-0.1, -0.05) is 29.3 Å². The van der Waals surface area contributed by atoms with E-state index in [0.29, 0.717) is 21.4 Å². The highest BCUT2D eigenvalue weighted by Gasteiger charge is 2.11. The maximum Gasteiger partial charge on any atom is 0.266 e. The monoisotopic (exact) mass is 317 g/mol. The van der Waals surface area contributed by atoms with E-state index in [1.165, 1.54) is 12.1 Å². The first-order chi connectivity index (χ1) is 10.1. The molecule has 2 aromatic rings. The lowest BCUT2D eigenvalue weighted by Gasteiger charge is -2.06. The van der Waals surface area contributed by atoms with E-state index in [9.17, 15) is 4.79 Å². The SMILES string of the molecule is N#C/C(=C\c1ccccn1)C(=O)Nc1ccc(Cl)cc1Cl. The Balaban J connectivity index is 2.22. The van der Waals surface area contributed by atoms with E-state index in [1.807, 2.05) is 6.07 Å². The number of rotatable bonds is 3. The third-order valence-electron chi connectivity index (χ3n) is 2.52. The van der Waals surface area contributed by atoms with Crippen molar-refractivity contribution in [3.05, 3.63) is 63.9 Å². The number of hydrogen-bond donors (Lipinski definition) is 1. The van der Waals surface area contributed by atoms with Crippen molar-refractivity contribution in [3.63, 3.8) is 0 Å². The maximum atomic E-state index is 12.1. The Hall–Kier alpha value is -2.35. The number of hydrogen-bond acceptors (Lipinski definition) is 3. The number of halogens is 2. The Morgan fingerprint density at radius 1 is 1.29 bits per heavy atom. The zero-order chi connectivity index (χ0) is 15.2. The summed E-state index contributed by atoms with van der Waals surface area (Å²) in [4.78, 5) is 16.1. The summed E-state index contributed by atoms with van der Waals surface area (Å²) in [6, 6.07) is 11.7. The van der Waals surface area contributed by atoms with Gasteiger partial charge in [0, 0.05) is 11.2 Å². The summed E-state index contributed by atoms with van der Waals surface area (Å²) in [6.45, 7) is 0. The lowest BCUT2D eigenvalue weighted by molar-refractivity contribution is -0.112. The Morgan fingerprint density at radius 3 is 2.71 bits per heavy atom. The van der Waals surface area contributed by atoms with Crippen LogP contribution in [0.5, 0.6) is 0 Å². The second-order valence-electron chi connectivity index (χ2n) is 4.00. The van der Waals surface area contributed by atoms with Crippen LogP contribution in [-0.4, -0.2) is 10.9 Å². The zero-order valence-electron chi connectivity index (χ0n) is 10.7. The molecule has 0 atom stereocenters. The number of benzene rings is 1. The minimum absolute atomic E-state index is 0.0697. The summed E-state index contributed by atoms with van der Waals surface area (Å²) < 4.78 is 0. The molecule has 1 heterocycles. The van der Waals surface area contributed by atoms with Crippen LogP contribution in [0.3, 0.4) is 0 Å². The topological polar surface area (TPSA) is 65.8 Å². The number of carbonyl (C=O) groups is 1. The molecule has 0 fully saturated rings. The molecule has 0 unspecified atom stereocenters. The molecular formula is C15H9Cl2N3O. The second kappa shape index (κ2) is 6.89. The van der Waals surface area contributed by atoms with Gasteiger partial charge in [0.2, 0.25) is 0 Å². The molecule has 0 radical (unpaired) electrons. The number of aromatic nitrogens is 1. The predicted octanol–water partition coefficient (Wildman–Crippen LogP) is 3.93. The molecule has 0 saturated heterocycles. The summed E-state index contributed by atoms with van der Waals surface area (Å²) in [6.07, 6.45) is 2.98. The first kappa shape index (κ1) is 15.0. The molecule has 1 aromatic carbocycles. The van der Waals surface area contributed by atoms with Gasteiger partial charge in [-0.15, -0.1) is 0 Å². The minimum atomic E-state index is -0.563. The summed E-state index contributed by atoms with van der Waals surface area (Å²) >= 11 is 11.7. The summed E-state index contributed by atoms with van der Waals surface area (Å²) in [7, 11) is 0. The molecule has 2 rings (SSSR count). The van der Waals surface area contributed by atoms with E-state index in [2.05, 4.69) is 10.3 Å². The molecule has 4 nitrogen and oxygen atoms in total. The van der Waals surface area contributed by atoms with Crippen LogP contribution < -0.4 is 5.32 Å². The van der Waals surface area contributed by atoms with Gasteiger partial charge in [0.15, 0.2) is 0 Å². The minimum Gasteiger partial charge on any atom is -0.320 e. The third kappa shape index (κ3) is 4.06. The molecule has 0 spiro atoms. The van der Waals surface area contributed by atoms with Crippen LogP contribution in [0.2, 0.25) is 10.0 Å². The van der Waals surface area contributed by atoms with Crippen LogP contribution in [0.15, 0.2) is 48.2 Å². The summed E-state index contributed by atoms with van der Waals surface area (Å²) in [5.41, 5.74) is 0.833. The fourth-order valence-corrected chi connectivity index (χ4v) is 1.99. The van der Waals surface area contributed by atoms with Crippen LogP contribution in [0, 0.1) is 11.3 Å². The average Bonchev–Trinajstić information content (AvgIpc) is 2.48. The molecule has 104 valence electrons. The molecule has 0 aliphatic heterocycles. The smallest absolute Gasteiger partial charge is 0.266 e. The van der Waals surface area contributed by atoms with E-state index in [-0.39, 0.29) is 5.57 Å². The van der Waals surface area contributed by atoms with Gasteiger partial charge in [0.25, 0.3) is 5.91 Å². The van der Waals surface area contributed by atoms with Crippen LogP contribution in [0.4, 0.5) is 5.69 Å². The first-order valence-corrected chi connectivity index (χ1v) is 6.65. The van der Waals surface area contributed by atoms with Crippen molar-refractivity contribution < 1.29 is 4.79 Å². The van der Waals surface area contributed by atoms with E-state index in [1.54, 1.807) is 36.5 Å². The van der Waals surface area contributed by atoms with Crippen LogP contribution in [-0.2, 0) is 4.79 Å². The van der Waals surface area contributed by atoms with Crippen molar-refractivity contribution in [2.75, 3.05) is 5.32 Å². The number of nitrogens with zero attached hydrogens (tertiary/aromatic N) is 2. The summed E-state index contributed by atoms with van der Waals surface area (Å²) in [5.74, 6) is -0.563. The third-order valence-corrected chi connectivity index (χ3v) is 3.07. The van der Waals surface area contributed by atoms with Gasteiger partial charge in [0.05, 0.1) is 16.4 Å². The van der Waals surface area contributed by atoms with E-state index < -0.39 is 5.91 Å². The van der Waals surface area contributed by atoms with Crippen molar-refractivity contribution >= 4 is 40.9 Å². The number of pyridine rings is 1. The fraction of sp³-hybridized carbons (Fsp3) is 0. The Morgan fingerprint density at radius 2 is 2.10 bits per heavy atom. The Kier molecular flexibility index (Phi) is 4.94. The Bertz CT molecular complexity index is 736. The standard InChI is InChI=1S/C15H9Cl2N3O/c16-11-4-5-14(13(17)8-11)20-15(21)10(9-18)7-12-3-1-2-6-19-12/h1-8H,(H,20,21)/b10-7+. The lowest BCUT2D eigenvalue weighted by Crippen LogP contribution is -2.13. The molecule has 0 bridgehead atoms. The molecule has 1 N–H and O–H groups in total. The zero-order valence-corrected chi connectivity index (χ0v) is 12.2. The van der Waals surface area contributed by atoms with Crippen molar-refractivity contribution in [1.29, 1.82) is 5.26 Å². The molecule has 0 saturated carbocycles. The highest BCUT2D eigenvalue weighted by molar-refractivity contribution is 6.36.